The lowest BCUT2D eigenvalue weighted by Crippen LogP contribution is -2.66. The first kappa shape index (κ1) is 16.9. The highest BCUT2D eigenvalue weighted by molar-refractivity contribution is 6.47. The summed E-state index contributed by atoms with van der Waals surface area (Å²) in [7, 11) is -0.108. The van der Waals surface area contributed by atoms with Crippen molar-refractivity contribution >= 4 is 18.1 Å². The molecule has 4 aliphatic rings. The van der Waals surface area contributed by atoms with E-state index in [4.69, 9.17) is 13.7 Å². The maximum atomic E-state index is 6.76. The Morgan fingerprint density at radius 3 is 2.81 bits per heavy atom. The highest BCUT2D eigenvalue weighted by Gasteiger charge is 2.69. The fraction of sp³-hybridized carbons (Fsp3) is 0.636. The van der Waals surface area contributed by atoms with Crippen LogP contribution in [0.1, 0.15) is 52.5 Å². The van der Waals surface area contributed by atoms with E-state index in [0.717, 1.165) is 30.8 Å². The lowest BCUT2D eigenvalue weighted by atomic mass is 9.43. The van der Waals surface area contributed by atoms with Crippen LogP contribution in [0.4, 0.5) is 0 Å². The maximum Gasteiger partial charge on any atom is 0.461 e. The Balaban J connectivity index is 1.37. The molecule has 0 spiro atoms. The molecule has 4 fully saturated rings. The van der Waals surface area contributed by atoms with Gasteiger partial charge in [-0.15, -0.1) is 0 Å². The Kier molecular flexibility index (Phi) is 3.65. The van der Waals surface area contributed by atoms with Gasteiger partial charge in [-0.1, -0.05) is 45.9 Å². The summed E-state index contributed by atoms with van der Waals surface area (Å²) in [6.07, 6.45) is 6.63. The van der Waals surface area contributed by atoms with Crippen molar-refractivity contribution in [3.05, 3.63) is 36.1 Å². The molecule has 0 unspecified atom stereocenters. The highest BCUT2D eigenvalue weighted by atomic mass is 16.7. The molecule has 1 saturated heterocycles. The third kappa shape index (κ3) is 2.15. The molecule has 4 heteroatoms. The zero-order chi connectivity index (χ0) is 18.1. The van der Waals surface area contributed by atoms with Crippen molar-refractivity contribution in [1.29, 1.82) is 0 Å². The van der Waals surface area contributed by atoms with Gasteiger partial charge in [-0.2, -0.15) is 0 Å². The van der Waals surface area contributed by atoms with Crippen LogP contribution in [0, 0.1) is 17.3 Å². The van der Waals surface area contributed by atoms with Gasteiger partial charge in [0.1, 0.15) is 5.58 Å². The molecule has 2 bridgehead atoms. The Labute approximate surface area is 156 Å². The topological polar surface area (TPSA) is 31.6 Å². The van der Waals surface area contributed by atoms with Crippen molar-refractivity contribution in [1.82, 2.24) is 0 Å². The van der Waals surface area contributed by atoms with Gasteiger partial charge in [0, 0.05) is 5.39 Å². The van der Waals surface area contributed by atoms with Gasteiger partial charge < -0.3 is 13.7 Å². The van der Waals surface area contributed by atoms with Gasteiger partial charge in [0.25, 0.3) is 0 Å². The van der Waals surface area contributed by atoms with E-state index in [2.05, 4.69) is 39.8 Å². The van der Waals surface area contributed by atoms with Gasteiger partial charge in [-0.3, -0.25) is 0 Å². The molecule has 0 radical (unpaired) electrons. The smallest absolute Gasteiger partial charge is 0.461 e. The van der Waals surface area contributed by atoms with Crippen LogP contribution in [-0.2, 0) is 15.7 Å². The van der Waals surface area contributed by atoms with Gasteiger partial charge in [0.15, 0.2) is 0 Å². The predicted molar refractivity (Wildman–Crippen MR) is 104 cm³/mol. The molecule has 0 amide bonds. The minimum Gasteiger partial charge on any atom is -0.464 e. The second kappa shape index (κ2) is 5.62. The standard InChI is InChI=1S/C22H29BO3/c1-5-22-19-11-16(21(19,3)4)12-20(22)25-23(26-22)14(2)10-15-13-24-18-9-7-6-8-17(15)18/h6-9,13-14,16,19-20H,5,10-12H2,1-4H3/t14-,16+,19+,20-,22+/m1/s1. The van der Waals surface area contributed by atoms with E-state index >= 15 is 0 Å². The number of benzene rings is 1. The minimum atomic E-state index is -0.108. The summed E-state index contributed by atoms with van der Waals surface area (Å²) in [5.41, 5.74) is 2.54. The van der Waals surface area contributed by atoms with Gasteiger partial charge in [0.05, 0.1) is 18.0 Å². The molecule has 1 aromatic heterocycles. The lowest BCUT2D eigenvalue weighted by molar-refractivity contribution is -0.208. The zero-order valence-corrected chi connectivity index (χ0v) is 16.3. The Hall–Kier alpha value is -1.26. The monoisotopic (exact) mass is 352 g/mol. The van der Waals surface area contributed by atoms with Crippen molar-refractivity contribution < 1.29 is 13.7 Å². The van der Waals surface area contributed by atoms with E-state index in [1.54, 1.807) is 0 Å². The van der Waals surface area contributed by atoms with Crippen LogP contribution in [0.2, 0.25) is 5.82 Å². The first-order chi connectivity index (χ1) is 12.5. The molecule has 2 aromatic rings. The van der Waals surface area contributed by atoms with Crippen molar-refractivity contribution in [3.8, 4) is 0 Å². The van der Waals surface area contributed by atoms with Crippen LogP contribution in [0.5, 0.6) is 0 Å². The summed E-state index contributed by atoms with van der Waals surface area (Å²) in [6.45, 7) is 9.39. The molecule has 5 atom stereocenters. The van der Waals surface area contributed by atoms with Gasteiger partial charge in [-0.05, 0) is 60.4 Å². The van der Waals surface area contributed by atoms with Gasteiger partial charge >= 0.3 is 7.12 Å². The molecular weight excluding hydrogens is 323 g/mol. The van der Waals surface area contributed by atoms with E-state index in [0.29, 0.717) is 17.2 Å². The molecule has 1 aliphatic heterocycles. The molecule has 3 saturated carbocycles. The van der Waals surface area contributed by atoms with E-state index in [1.807, 2.05) is 18.4 Å². The molecule has 138 valence electrons. The fourth-order valence-corrected chi connectivity index (χ4v) is 6.10. The number of rotatable bonds is 4. The highest BCUT2D eigenvalue weighted by Crippen LogP contribution is 2.67. The van der Waals surface area contributed by atoms with Crippen LogP contribution < -0.4 is 0 Å². The number of hydrogen-bond donors (Lipinski definition) is 0. The normalized spacial score (nSPS) is 36.0. The lowest BCUT2D eigenvalue weighted by Gasteiger charge is -2.65. The molecule has 3 aliphatic carbocycles. The van der Waals surface area contributed by atoms with Crippen LogP contribution in [-0.4, -0.2) is 18.8 Å². The van der Waals surface area contributed by atoms with Gasteiger partial charge in [0.2, 0.25) is 0 Å². The largest absolute Gasteiger partial charge is 0.464 e. The van der Waals surface area contributed by atoms with E-state index in [1.165, 1.54) is 17.4 Å². The fourth-order valence-electron chi connectivity index (χ4n) is 6.10. The van der Waals surface area contributed by atoms with E-state index < -0.39 is 0 Å². The van der Waals surface area contributed by atoms with Crippen molar-refractivity contribution in [2.24, 2.45) is 17.3 Å². The predicted octanol–water partition coefficient (Wildman–Crippen LogP) is 5.48. The molecule has 2 heterocycles. The quantitative estimate of drug-likeness (QED) is 0.683. The third-order valence-corrected chi connectivity index (χ3v) is 7.86. The average Bonchev–Trinajstić information content (AvgIpc) is 3.23. The molecule has 26 heavy (non-hydrogen) atoms. The van der Waals surface area contributed by atoms with Crippen LogP contribution in [0.15, 0.2) is 34.9 Å². The second-order valence-corrected chi connectivity index (χ2v) is 9.40. The summed E-state index contributed by atoms with van der Waals surface area (Å²) in [4.78, 5) is 0. The van der Waals surface area contributed by atoms with Crippen LogP contribution in [0.3, 0.4) is 0 Å². The Bertz CT molecular complexity index is 828. The molecule has 6 rings (SSSR count). The molecular formula is C22H29BO3. The van der Waals surface area contributed by atoms with Gasteiger partial charge in [-0.25, -0.2) is 0 Å². The first-order valence-electron chi connectivity index (χ1n) is 10.2. The zero-order valence-electron chi connectivity index (χ0n) is 16.3. The number of hydrogen-bond acceptors (Lipinski definition) is 3. The van der Waals surface area contributed by atoms with Crippen LogP contribution in [0.25, 0.3) is 11.0 Å². The van der Waals surface area contributed by atoms with Crippen LogP contribution >= 0.6 is 0 Å². The average molecular weight is 352 g/mol. The Morgan fingerprint density at radius 2 is 2.04 bits per heavy atom. The number of para-hydroxylation sites is 1. The summed E-state index contributed by atoms with van der Waals surface area (Å²) >= 11 is 0. The number of furan rings is 1. The van der Waals surface area contributed by atoms with E-state index in [9.17, 15) is 0 Å². The van der Waals surface area contributed by atoms with E-state index in [-0.39, 0.29) is 18.8 Å². The maximum absolute atomic E-state index is 6.76. The van der Waals surface area contributed by atoms with Crippen molar-refractivity contribution in [2.45, 2.75) is 70.9 Å². The summed E-state index contributed by atoms with van der Waals surface area (Å²) in [5, 5.41) is 1.21. The summed E-state index contributed by atoms with van der Waals surface area (Å²) in [6, 6.07) is 8.26. The molecule has 1 aromatic carbocycles. The summed E-state index contributed by atoms with van der Waals surface area (Å²) < 4.78 is 19.0. The van der Waals surface area contributed by atoms with Crippen molar-refractivity contribution in [3.63, 3.8) is 0 Å². The first-order valence-corrected chi connectivity index (χ1v) is 10.2. The summed E-state index contributed by atoms with van der Waals surface area (Å²) in [5.74, 6) is 1.74. The Morgan fingerprint density at radius 1 is 1.23 bits per heavy atom. The molecule has 3 nitrogen and oxygen atoms in total. The second-order valence-electron chi connectivity index (χ2n) is 9.40. The minimum absolute atomic E-state index is 0.0738. The molecule has 0 N–H and O–H groups in total. The number of fused-ring (bicyclic) bond motifs is 1. The third-order valence-electron chi connectivity index (χ3n) is 7.86. The van der Waals surface area contributed by atoms with Crippen molar-refractivity contribution in [2.75, 3.05) is 0 Å². The SMILES string of the molecule is CC[C@@]12OB([C@H](C)Cc3coc4ccccc34)O[C@@H]1C[C@@H]1C[C@H]2C1(C)C.